The summed E-state index contributed by atoms with van der Waals surface area (Å²) < 4.78 is 11.8. The van der Waals surface area contributed by atoms with Gasteiger partial charge in [-0.05, 0) is 49.6 Å². The number of nitrogens with zero attached hydrogens (tertiary/aromatic N) is 1. The number of rotatable bonds is 9. The molecule has 2 unspecified atom stereocenters. The van der Waals surface area contributed by atoms with Gasteiger partial charge >= 0.3 is 0 Å². The van der Waals surface area contributed by atoms with Crippen LogP contribution in [0.4, 0.5) is 5.69 Å². The van der Waals surface area contributed by atoms with Crippen LogP contribution in [0.1, 0.15) is 25.3 Å². The van der Waals surface area contributed by atoms with Crippen molar-refractivity contribution in [3.8, 4) is 5.75 Å². The molecule has 5 atom stereocenters. The van der Waals surface area contributed by atoms with E-state index in [0.717, 1.165) is 5.56 Å². The maximum Gasteiger partial charge on any atom is 0.246 e. The minimum Gasteiger partial charge on any atom is -0.494 e. The fourth-order valence-corrected chi connectivity index (χ4v) is 6.01. The number of β-amino-alcohol motifs (C(OH)–C–C–N with tert-alkyl or cyclic N) is 1. The average molecular weight is 494 g/mol. The molecule has 0 radical (unpaired) electrons. The molecule has 3 fully saturated rings. The number of fused-ring (bicyclic) bond motifs is 1. The van der Waals surface area contributed by atoms with Crippen LogP contribution in [0.5, 0.6) is 5.75 Å². The molecule has 3 heterocycles. The van der Waals surface area contributed by atoms with E-state index in [9.17, 15) is 19.5 Å². The highest BCUT2D eigenvalue weighted by Crippen LogP contribution is 2.58. The van der Waals surface area contributed by atoms with Crippen molar-refractivity contribution < 1.29 is 29.0 Å². The molecule has 2 bridgehead atoms. The van der Waals surface area contributed by atoms with E-state index in [0.29, 0.717) is 37.4 Å². The van der Waals surface area contributed by atoms with Gasteiger partial charge in [-0.1, -0.05) is 30.3 Å². The number of hydrogen-bond donors (Lipinski definition) is 3. The summed E-state index contributed by atoms with van der Waals surface area (Å²) >= 11 is 0. The van der Waals surface area contributed by atoms with E-state index in [2.05, 4.69) is 10.6 Å². The second-order valence-electron chi connectivity index (χ2n) is 9.46. The molecule has 36 heavy (non-hydrogen) atoms. The van der Waals surface area contributed by atoms with E-state index in [1.807, 2.05) is 37.3 Å². The number of carbonyl (C=O) groups is 3. The van der Waals surface area contributed by atoms with Crippen LogP contribution >= 0.6 is 0 Å². The summed E-state index contributed by atoms with van der Waals surface area (Å²) in [5.41, 5.74) is 0.440. The number of benzene rings is 2. The quantitative estimate of drug-likeness (QED) is 0.490. The Labute approximate surface area is 209 Å². The first-order valence-electron chi connectivity index (χ1n) is 12.4. The second kappa shape index (κ2) is 9.91. The first-order chi connectivity index (χ1) is 17.5. The summed E-state index contributed by atoms with van der Waals surface area (Å²) in [6, 6.07) is 15.6. The molecule has 3 aliphatic rings. The van der Waals surface area contributed by atoms with Crippen LogP contribution in [0.15, 0.2) is 54.6 Å². The minimum atomic E-state index is -1.08. The Balaban J connectivity index is 1.37. The minimum absolute atomic E-state index is 0.00175. The largest absolute Gasteiger partial charge is 0.494 e. The molecule has 1 spiro atoms. The zero-order valence-corrected chi connectivity index (χ0v) is 20.2. The van der Waals surface area contributed by atoms with Gasteiger partial charge in [0.05, 0.1) is 31.2 Å². The summed E-state index contributed by atoms with van der Waals surface area (Å²) in [6.07, 6.45) is 0.648. The Bertz CT molecular complexity index is 1120. The molecule has 9 heteroatoms. The van der Waals surface area contributed by atoms with Crippen LogP contribution in [0.25, 0.3) is 0 Å². The lowest BCUT2D eigenvalue weighted by atomic mass is 9.70. The molecule has 3 amide bonds. The van der Waals surface area contributed by atoms with Gasteiger partial charge in [0.25, 0.3) is 0 Å². The van der Waals surface area contributed by atoms with Gasteiger partial charge in [-0.25, -0.2) is 0 Å². The van der Waals surface area contributed by atoms with E-state index < -0.39 is 29.6 Å². The predicted octanol–water partition coefficient (Wildman–Crippen LogP) is 1.71. The summed E-state index contributed by atoms with van der Waals surface area (Å²) in [7, 11) is 0. The summed E-state index contributed by atoms with van der Waals surface area (Å²) in [5, 5.41) is 15.5. The van der Waals surface area contributed by atoms with Crippen LogP contribution in [0, 0.1) is 11.8 Å². The van der Waals surface area contributed by atoms with E-state index in [4.69, 9.17) is 9.47 Å². The molecule has 0 aliphatic carbocycles. The zero-order chi connectivity index (χ0) is 25.3. The lowest BCUT2D eigenvalue weighted by Crippen LogP contribution is -2.55. The van der Waals surface area contributed by atoms with E-state index in [-0.39, 0.29) is 30.9 Å². The van der Waals surface area contributed by atoms with Gasteiger partial charge in [0.2, 0.25) is 17.7 Å². The Morgan fingerprint density at radius 2 is 1.89 bits per heavy atom. The zero-order valence-electron chi connectivity index (χ0n) is 20.2. The summed E-state index contributed by atoms with van der Waals surface area (Å²) in [5.74, 6) is -1.76. The second-order valence-corrected chi connectivity index (χ2v) is 9.46. The summed E-state index contributed by atoms with van der Waals surface area (Å²) in [6.45, 7) is 2.46. The van der Waals surface area contributed by atoms with Gasteiger partial charge in [-0.2, -0.15) is 0 Å². The molecule has 5 rings (SSSR count). The number of aliphatic hydroxyl groups excluding tert-OH is 1. The number of carbonyl (C=O) groups excluding carboxylic acids is 3. The van der Waals surface area contributed by atoms with Crippen LogP contribution in [0.2, 0.25) is 0 Å². The molecule has 3 saturated heterocycles. The predicted molar refractivity (Wildman–Crippen MR) is 131 cm³/mol. The SMILES string of the molecule is CCOc1ccc(NC(=O)[C@@H]2[C@@H]3CCC4(O3)C(C(=O)NCc3ccccc3)N(CCO)C(=O)[C@H]24)cc1. The maximum absolute atomic E-state index is 13.6. The van der Waals surface area contributed by atoms with E-state index in [1.165, 1.54) is 4.90 Å². The van der Waals surface area contributed by atoms with Crippen LogP contribution in [-0.2, 0) is 25.7 Å². The van der Waals surface area contributed by atoms with Crippen molar-refractivity contribution in [3.63, 3.8) is 0 Å². The number of ether oxygens (including phenoxy) is 2. The molecule has 2 aromatic rings. The van der Waals surface area contributed by atoms with Crippen molar-refractivity contribution >= 4 is 23.4 Å². The monoisotopic (exact) mass is 493 g/mol. The highest BCUT2D eigenvalue weighted by atomic mass is 16.5. The van der Waals surface area contributed by atoms with Crippen molar-refractivity contribution in [2.24, 2.45) is 11.8 Å². The normalized spacial score (nSPS) is 28.2. The third kappa shape index (κ3) is 4.12. The Morgan fingerprint density at radius 1 is 1.14 bits per heavy atom. The fraction of sp³-hybridized carbons (Fsp3) is 0.444. The van der Waals surface area contributed by atoms with Crippen LogP contribution < -0.4 is 15.4 Å². The van der Waals surface area contributed by atoms with Gasteiger partial charge in [0.1, 0.15) is 17.4 Å². The van der Waals surface area contributed by atoms with Crippen molar-refractivity contribution in [1.29, 1.82) is 0 Å². The van der Waals surface area contributed by atoms with Gasteiger partial charge in [-0.3, -0.25) is 14.4 Å². The number of likely N-dealkylation sites (tertiary alicyclic amines) is 1. The first kappa shape index (κ1) is 24.3. The molecular formula is C27H31N3O6. The standard InChI is InChI=1S/C27H31N3O6/c1-2-35-19-10-8-18(9-11-19)29-24(32)21-20-12-13-27(36-20)22(21)26(34)30(14-15-31)23(27)25(33)28-16-17-6-4-3-5-7-17/h3-11,20-23,31H,2,12-16H2,1H3,(H,28,33)(H,29,32)/t20-,21+,22-,23?,27?/m0/s1. The highest BCUT2D eigenvalue weighted by molar-refractivity contribution is 6.02. The number of nitrogens with one attached hydrogen (secondary N) is 2. The smallest absolute Gasteiger partial charge is 0.246 e. The van der Waals surface area contributed by atoms with E-state index in [1.54, 1.807) is 24.3 Å². The number of hydrogen-bond acceptors (Lipinski definition) is 6. The topological polar surface area (TPSA) is 117 Å². The molecule has 0 aromatic heterocycles. The van der Waals surface area contributed by atoms with Gasteiger partial charge in [0.15, 0.2) is 0 Å². The molecular weight excluding hydrogens is 462 g/mol. The number of anilines is 1. The Morgan fingerprint density at radius 3 is 2.58 bits per heavy atom. The van der Waals surface area contributed by atoms with Crippen molar-refractivity contribution in [2.75, 3.05) is 25.1 Å². The van der Waals surface area contributed by atoms with Crippen LogP contribution in [-0.4, -0.2) is 65.2 Å². The first-order valence-corrected chi connectivity index (χ1v) is 12.4. The lowest BCUT2D eigenvalue weighted by Gasteiger charge is -2.33. The Hall–Kier alpha value is -3.43. The molecule has 0 saturated carbocycles. The number of aliphatic hydroxyl groups is 1. The lowest BCUT2D eigenvalue weighted by molar-refractivity contribution is -0.142. The molecule has 3 N–H and O–H groups in total. The van der Waals surface area contributed by atoms with Crippen molar-refractivity contribution in [1.82, 2.24) is 10.2 Å². The van der Waals surface area contributed by atoms with Gasteiger partial charge in [0, 0.05) is 18.8 Å². The third-order valence-corrected chi connectivity index (χ3v) is 7.43. The molecule has 2 aromatic carbocycles. The van der Waals surface area contributed by atoms with Crippen LogP contribution in [0.3, 0.4) is 0 Å². The maximum atomic E-state index is 13.6. The van der Waals surface area contributed by atoms with Crippen molar-refractivity contribution in [3.05, 3.63) is 60.2 Å². The number of amides is 3. The molecule has 9 nitrogen and oxygen atoms in total. The fourth-order valence-electron chi connectivity index (χ4n) is 6.01. The molecule has 3 aliphatic heterocycles. The third-order valence-electron chi connectivity index (χ3n) is 7.43. The summed E-state index contributed by atoms with van der Waals surface area (Å²) in [4.78, 5) is 41.8. The van der Waals surface area contributed by atoms with Crippen molar-refractivity contribution in [2.45, 2.75) is 44.1 Å². The Kier molecular flexibility index (Phi) is 6.68. The van der Waals surface area contributed by atoms with E-state index >= 15 is 0 Å². The highest BCUT2D eigenvalue weighted by Gasteiger charge is 2.74. The molecule has 190 valence electrons. The van der Waals surface area contributed by atoms with Gasteiger partial charge in [-0.15, -0.1) is 0 Å². The van der Waals surface area contributed by atoms with Gasteiger partial charge < -0.3 is 30.1 Å². The average Bonchev–Trinajstić information content (AvgIpc) is 3.52.